The Morgan fingerprint density at radius 1 is 1.21 bits per heavy atom. The number of hydrogen-bond donors (Lipinski definition) is 2. The summed E-state index contributed by atoms with van der Waals surface area (Å²) in [4.78, 5) is 12.0. The summed E-state index contributed by atoms with van der Waals surface area (Å²) in [7, 11) is 0. The Balaban J connectivity index is 1.94. The van der Waals surface area contributed by atoms with E-state index in [1.54, 1.807) is 0 Å². The minimum absolute atomic E-state index is 0.0538. The Morgan fingerprint density at radius 3 is 2.74 bits per heavy atom. The van der Waals surface area contributed by atoms with Gasteiger partial charge in [0.25, 0.3) is 0 Å². The van der Waals surface area contributed by atoms with Gasteiger partial charge in [0.1, 0.15) is 0 Å². The van der Waals surface area contributed by atoms with E-state index >= 15 is 0 Å². The van der Waals surface area contributed by atoms with Crippen LogP contribution in [0.1, 0.15) is 58.8 Å². The van der Waals surface area contributed by atoms with Crippen LogP contribution in [-0.4, -0.2) is 25.0 Å². The number of likely N-dealkylation sites (N-methyl/N-ethyl adjacent to an activating group) is 1. The summed E-state index contributed by atoms with van der Waals surface area (Å²) in [6.07, 6.45) is 9.25. The Labute approximate surface area is 117 Å². The van der Waals surface area contributed by atoms with Crippen LogP contribution >= 0.6 is 0 Å². The third-order valence-corrected chi connectivity index (χ3v) is 5.21. The molecule has 1 heterocycles. The van der Waals surface area contributed by atoms with Crippen molar-refractivity contribution in [1.29, 1.82) is 0 Å². The van der Waals surface area contributed by atoms with Gasteiger partial charge >= 0.3 is 0 Å². The molecule has 110 valence electrons. The number of hydrogen-bond acceptors (Lipinski definition) is 2. The van der Waals surface area contributed by atoms with Crippen molar-refractivity contribution in [2.75, 3.05) is 13.1 Å². The molecule has 0 spiro atoms. The van der Waals surface area contributed by atoms with Gasteiger partial charge in [-0.05, 0) is 50.5 Å². The van der Waals surface area contributed by atoms with Gasteiger partial charge in [-0.2, -0.15) is 0 Å². The minimum Gasteiger partial charge on any atom is -0.355 e. The summed E-state index contributed by atoms with van der Waals surface area (Å²) in [5, 5.41) is 6.36. The van der Waals surface area contributed by atoms with Crippen molar-refractivity contribution in [2.45, 2.75) is 64.8 Å². The Kier molecular flexibility index (Phi) is 5.68. The number of carbonyl (C=O) groups excluding carboxylic acids is 1. The fourth-order valence-electron chi connectivity index (χ4n) is 4.20. The molecule has 2 N–H and O–H groups in total. The summed E-state index contributed by atoms with van der Waals surface area (Å²) in [5.41, 5.74) is 0. The van der Waals surface area contributed by atoms with E-state index in [0.717, 1.165) is 37.3 Å². The third-order valence-electron chi connectivity index (χ3n) is 5.21. The van der Waals surface area contributed by atoms with Crippen LogP contribution in [0.4, 0.5) is 0 Å². The molecule has 1 aliphatic carbocycles. The molecule has 1 saturated heterocycles. The summed E-state index contributed by atoms with van der Waals surface area (Å²) in [6, 6.07) is 0.0538. The molecule has 2 rings (SSSR count). The maximum absolute atomic E-state index is 12.0. The summed E-state index contributed by atoms with van der Waals surface area (Å²) in [5.74, 6) is 2.75. The standard InChI is InChI=1S/C16H30N2O/c1-3-12-7-5-6-8-14(12)13-9-10-18-15(11-13)16(19)17-4-2/h12-15,18H,3-11H2,1-2H3,(H,17,19). The quantitative estimate of drug-likeness (QED) is 0.821. The molecular weight excluding hydrogens is 236 g/mol. The van der Waals surface area contributed by atoms with E-state index in [-0.39, 0.29) is 11.9 Å². The number of rotatable bonds is 4. The molecule has 0 bridgehead atoms. The van der Waals surface area contributed by atoms with E-state index in [2.05, 4.69) is 17.6 Å². The maximum Gasteiger partial charge on any atom is 0.237 e. The summed E-state index contributed by atoms with van der Waals surface area (Å²) >= 11 is 0. The van der Waals surface area contributed by atoms with Crippen LogP contribution in [0.2, 0.25) is 0 Å². The van der Waals surface area contributed by atoms with E-state index in [1.807, 2.05) is 6.92 Å². The first-order valence-corrected chi connectivity index (χ1v) is 8.27. The summed E-state index contributed by atoms with van der Waals surface area (Å²) < 4.78 is 0. The van der Waals surface area contributed by atoms with Gasteiger partial charge in [0, 0.05) is 6.54 Å². The molecular formula is C16H30N2O. The normalized spacial score (nSPS) is 35.9. The van der Waals surface area contributed by atoms with Crippen molar-refractivity contribution in [3.63, 3.8) is 0 Å². The molecule has 0 aromatic rings. The second kappa shape index (κ2) is 7.28. The Morgan fingerprint density at radius 2 is 2.00 bits per heavy atom. The zero-order chi connectivity index (χ0) is 13.7. The predicted molar refractivity (Wildman–Crippen MR) is 78.9 cm³/mol. The van der Waals surface area contributed by atoms with E-state index in [1.165, 1.54) is 38.5 Å². The van der Waals surface area contributed by atoms with Gasteiger partial charge in [-0.3, -0.25) is 4.79 Å². The lowest BCUT2D eigenvalue weighted by atomic mass is 9.68. The van der Waals surface area contributed by atoms with Crippen LogP contribution in [0.15, 0.2) is 0 Å². The van der Waals surface area contributed by atoms with Gasteiger partial charge in [0.2, 0.25) is 5.91 Å². The molecule has 0 aromatic carbocycles. The molecule has 4 atom stereocenters. The largest absolute Gasteiger partial charge is 0.355 e. The van der Waals surface area contributed by atoms with Crippen molar-refractivity contribution in [1.82, 2.24) is 10.6 Å². The van der Waals surface area contributed by atoms with Crippen molar-refractivity contribution >= 4 is 5.91 Å². The van der Waals surface area contributed by atoms with Crippen LogP contribution in [0.5, 0.6) is 0 Å². The van der Waals surface area contributed by atoms with Gasteiger partial charge in [0.15, 0.2) is 0 Å². The van der Waals surface area contributed by atoms with Crippen LogP contribution in [0, 0.1) is 17.8 Å². The predicted octanol–water partition coefficient (Wildman–Crippen LogP) is 2.71. The lowest BCUT2D eigenvalue weighted by Gasteiger charge is -2.40. The molecule has 4 unspecified atom stereocenters. The second-order valence-electron chi connectivity index (χ2n) is 6.30. The molecule has 1 saturated carbocycles. The van der Waals surface area contributed by atoms with Crippen molar-refractivity contribution in [2.24, 2.45) is 17.8 Å². The van der Waals surface area contributed by atoms with Gasteiger partial charge < -0.3 is 10.6 Å². The van der Waals surface area contributed by atoms with E-state index in [9.17, 15) is 4.79 Å². The van der Waals surface area contributed by atoms with Crippen LogP contribution < -0.4 is 10.6 Å². The van der Waals surface area contributed by atoms with Gasteiger partial charge in [-0.1, -0.05) is 32.6 Å². The van der Waals surface area contributed by atoms with Crippen molar-refractivity contribution in [3.8, 4) is 0 Å². The number of nitrogens with one attached hydrogen (secondary N) is 2. The Hall–Kier alpha value is -0.570. The average molecular weight is 266 g/mol. The first kappa shape index (κ1) is 14.8. The fourth-order valence-corrected chi connectivity index (χ4v) is 4.20. The first-order chi connectivity index (χ1) is 9.26. The van der Waals surface area contributed by atoms with Crippen molar-refractivity contribution < 1.29 is 4.79 Å². The van der Waals surface area contributed by atoms with E-state index in [4.69, 9.17) is 0 Å². The molecule has 0 aromatic heterocycles. The van der Waals surface area contributed by atoms with Crippen molar-refractivity contribution in [3.05, 3.63) is 0 Å². The van der Waals surface area contributed by atoms with Crippen LogP contribution in [-0.2, 0) is 4.79 Å². The zero-order valence-electron chi connectivity index (χ0n) is 12.6. The zero-order valence-corrected chi connectivity index (χ0v) is 12.6. The highest BCUT2D eigenvalue weighted by atomic mass is 16.2. The first-order valence-electron chi connectivity index (χ1n) is 8.27. The molecule has 2 aliphatic rings. The van der Waals surface area contributed by atoms with Gasteiger partial charge in [-0.15, -0.1) is 0 Å². The number of piperidine rings is 1. The van der Waals surface area contributed by atoms with E-state index in [0.29, 0.717) is 0 Å². The number of amides is 1. The maximum atomic E-state index is 12.0. The molecule has 2 fully saturated rings. The topological polar surface area (TPSA) is 41.1 Å². The van der Waals surface area contributed by atoms with E-state index < -0.39 is 0 Å². The van der Waals surface area contributed by atoms with Crippen LogP contribution in [0.25, 0.3) is 0 Å². The molecule has 3 heteroatoms. The molecule has 19 heavy (non-hydrogen) atoms. The monoisotopic (exact) mass is 266 g/mol. The Bertz CT molecular complexity index is 292. The highest BCUT2D eigenvalue weighted by Gasteiger charge is 2.35. The van der Waals surface area contributed by atoms with Gasteiger partial charge in [0.05, 0.1) is 6.04 Å². The second-order valence-corrected chi connectivity index (χ2v) is 6.30. The SMILES string of the molecule is CCNC(=O)C1CC(C2CCCCC2CC)CCN1. The fraction of sp³-hybridized carbons (Fsp3) is 0.938. The molecule has 3 nitrogen and oxygen atoms in total. The number of carbonyl (C=O) groups is 1. The highest BCUT2D eigenvalue weighted by molar-refractivity contribution is 5.81. The molecule has 1 amide bonds. The molecule has 1 aliphatic heterocycles. The smallest absolute Gasteiger partial charge is 0.237 e. The highest BCUT2D eigenvalue weighted by Crippen LogP contribution is 2.40. The lowest BCUT2D eigenvalue weighted by Crippen LogP contribution is -2.50. The third kappa shape index (κ3) is 3.71. The molecule has 0 radical (unpaired) electrons. The van der Waals surface area contributed by atoms with Gasteiger partial charge in [-0.25, -0.2) is 0 Å². The minimum atomic E-state index is 0.0538. The average Bonchev–Trinajstić information content (AvgIpc) is 2.47. The summed E-state index contributed by atoms with van der Waals surface area (Å²) in [6.45, 7) is 6.08. The lowest BCUT2D eigenvalue weighted by molar-refractivity contribution is -0.124. The van der Waals surface area contributed by atoms with Crippen LogP contribution in [0.3, 0.4) is 0 Å².